The van der Waals surface area contributed by atoms with E-state index in [1.807, 2.05) is 0 Å². The van der Waals surface area contributed by atoms with Crippen LogP contribution in [0.1, 0.15) is 6.92 Å². The average molecular weight is 264 g/mol. The summed E-state index contributed by atoms with van der Waals surface area (Å²) in [6.07, 6.45) is 0. The summed E-state index contributed by atoms with van der Waals surface area (Å²) in [6.45, 7) is 1.35. The lowest BCUT2D eigenvalue weighted by Crippen LogP contribution is -2.31. The molecule has 0 radical (unpaired) electrons. The molecule has 8 heteroatoms. The van der Waals surface area contributed by atoms with Crippen molar-refractivity contribution in [2.75, 3.05) is 11.5 Å². The van der Waals surface area contributed by atoms with Gasteiger partial charge in [-0.25, -0.2) is 16.8 Å². The standard InChI is InChI=1S/C8H12N2O4S2/c1-2-15(11,12)10-16(13,14)8-5-3-7(9)4-6-8/h3-6,10H,2,9H2,1H3. The summed E-state index contributed by atoms with van der Waals surface area (Å²) in [5.74, 6) is -0.304. The molecule has 1 aromatic rings. The molecule has 1 aromatic carbocycles. The van der Waals surface area contributed by atoms with E-state index >= 15 is 0 Å². The molecule has 0 aliphatic carbocycles. The van der Waals surface area contributed by atoms with Crippen molar-refractivity contribution in [3.05, 3.63) is 24.3 Å². The Morgan fingerprint density at radius 2 is 1.62 bits per heavy atom. The molecule has 0 aliphatic rings. The van der Waals surface area contributed by atoms with E-state index in [0.29, 0.717) is 5.69 Å². The van der Waals surface area contributed by atoms with E-state index in [0.717, 1.165) is 0 Å². The van der Waals surface area contributed by atoms with Crippen molar-refractivity contribution in [3.8, 4) is 0 Å². The van der Waals surface area contributed by atoms with E-state index in [-0.39, 0.29) is 10.6 Å². The normalized spacial score (nSPS) is 12.6. The van der Waals surface area contributed by atoms with Crippen LogP contribution in [0.25, 0.3) is 0 Å². The fourth-order valence-electron chi connectivity index (χ4n) is 0.921. The molecule has 0 atom stereocenters. The van der Waals surface area contributed by atoms with Crippen LogP contribution in [-0.2, 0) is 20.0 Å². The van der Waals surface area contributed by atoms with Crippen molar-refractivity contribution in [2.24, 2.45) is 0 Å². The molecular formula is C8H12N2O4S2. The molecule has 0 aliphatic heterocycles. The number of sulfonamides is 2. The summed E-state index contributed by atoms with van der Waals surface area (Å²) in [5.41, 5.74) is 5.79. The Morgan fingerprint density at radius 1 is 1.12 bits per heavy atom. The van der Waals surface area contributed by atoms with Crippen molar-refractivity contribution < 1.29 is 16.8 Å². The Labute approximate surface area is 94.6 Å². The predicted molar refractivity (Wildman–Crippen MR) is 60.6 cm³/mol. The highest BCUT2D eigenvalue weighted by Gasteiger charge is 2.20. The second-order valence-electron chi connectivity index (χ2n) is 3.06. The third-order valence-electron chi connectivity index (χ3n) is 1.81. The fourth-order valence-corrected chi connectivity index (χ4v) is 3.61. The van der Waals surface area contributed by atoms with Gasteiger partial charge in [0.15, 0.2) is 0 Å². The van der Waals surface area contributed by atoms with Gasteiger partial charge in [0.2, 0.25) is 10.0 Å². The molecule has 0 aromatic heterocycles. The zero-order valence-corrected chi connectivity index (χ0v) is 10.2. The molecule has 0 fully saturated rings. The van der Waals surface area contributed by atoms with Gasteiger partial charge in [0, 0.05) is 5.69 Å². The number of anilines is 1. The summed E-state index contributed by atoms with van der Waals surface area (Å²) >= 11 is 0. The first kappa shape index (κ1) is 12.9. The molecule has 0 amide bonds. The molecule has 1 rings (SSSR count). The third-order valence-corrected chi connectivity index (χ3v) is 5.35. The number of nitrogens with two attached hydrogens (primary N) is 1. The first-order valence-corrected chi connectivity index (χ1v) is 7.52. The monoisotopic (exact) mass is 264 g/mol. The maximum atomic E-state index is 11.6. The number of rotatable bonds is 4. The van der Waals surface area contributed by atoms with Gasteiger partial charge >= 0.3 is 0 Å². The van der Waals surface area contributed by atoms with E-state index in [4.69, 9.17) is 5.73 Å². The lowest BCUT2D eigenvalue weighted by atomic mass is 10.3. The summed E-state index contributed by atoms with van der Waals surface area (Å²) in [4.78, 5) is -0.140. The van der Waals surface area contributed by atoms with E-state index in [1.54, 1.807) is 4.13 Å². The molecular weight excluding hydrogens is 252 g/mol. The van der Waals surface area contributed by atoms with Crippen molar-refractivity contribution in [1.29, 1.82) is 0 Å². The lowest BCUT2D eigenvalue weighted by Gasteiger charge is -2.06. The second-order valence-corrected chi connectivity index (χ2v) is 7.01. The highest BCUT2D eigenvalue weighted by atomic mass is 32.3. The van der Waals surface area contributed by atoms with Crippen LogP contribution in [0.2, 0.25) is 0 Å². The molecule has 0 saturated carbocycles. The van der Waals surface area contributed by atoms with Gasteiger partial charge in [-0.1, -0.05) is 0 Å². The molecule has 0 saturated heterocycles. The maximum Gasteiger partial charge on any atom is 0.253 e. The number of benzene rings is 1. The molecule has 3 N–H and O–H groups in total. The van der Waals surface area contributed by atoms with Gasteiger partial charge in [-0.3, -0.25) is 0 Å². The van der Waals surface area contributed by atoms with E-state index in [1.165, 1.54) is 31.2 Å². The average Bonchev–Trinajstić information content (AvgIpc) is 2.17. The zero-order valence-electron chi connectivity index (χ0n) is 8.54. The van der Waals surface area contributed by atoms with Crippen molar-refractivity contribution in [2.45, 2.75) is 11.8 Å². The van der Waals surface area contributed by atoms with E-state index < -0.39 is 20.0 Å². The molecule has 0 spiro atoms. The Morgan fingerprint density at radius 3 is 2.06 bits per heavy atom. The van der Waals surface area contributed by atoms with Crippen LogP contribution >= 0.6 is 0 Å². The summed E-state index contributed by atoms with van der Waals surface area (Å²) < 4.78 is 47.1. The van der Waals surface area contributed by atoms with Gasteiger partial charge in [0.1, 0.15) is 0 Å². The van der Waals surface area contributed by atoms with Crippen LogP contribution in [0.3, 0.4) is 0 Å². The van der Waals surface area contributed by atoms with Crippen LogP contribution in [-0.4, -0.2) is 22.6 Å². The van der Waals surface area contributed by atoms with Crippen LogP contribution in [0.5, 0.6) is 0 Å². The minimum Gasteiger partial charge on any atom is -0.399 e. The molecule has 0 bridgehead atoms. The number of nitrogen functional groups attached to an aromatic ring is 1. The lowest BCUT2D eigenvalue weighted by molar-refractivity contribution is 0.577. The second kappa shape index (κ2) is 4.40. The van der Waals surface area contributed by atoms with Gasteiger partial charge in [0.25, 0.3) is 10.0 Å². The number of nitrogens with one attached hydrogen (secondary N) is 1. The van der Waals surface area contributed by atoms with Crippen molar-refractivity contribution >= 4 is 25.7 Å². The molecule has 0 unspecified atom stereocenters. The minimum absolute atomic E-state index is 0.140. The third kappa shape index (κ3) is 3.19. The van der Waals surface area contributed by atoms with Crippen LogP contribution in [0.15, 0.2) is 29.2 Å². The van der Waals surface area contributed by atoms with Gasteiger partial charge in [-0.2, -0.15) is 0 Å². The summed E-state index contributed by atoms with van der Waals surface area (Å²) in [7, 11) is -7.85. The molecule has 6 nitrogen and oxygen atoms in total. The van der Waals surface area contributed by atoms with Gasteiger partial charge < -0.3 is 5.73 Å². The Hall–Kier alpha value is -1.12. The smallest absolute Gasteiger partial charge is 0.253 e. The first-order valence-electron chi connectivity index (χ1n) is 4.38. The van der Waals surface area contributed by atoms with Crippen LogP contribution in [0, 0.1) is 0 Å². The van der Waals surface area contributed by atoms with Crippen molar-refractivity contribution in [3.63, 3.8) is 0 Å². The maximum absolute atomic E-state index is 11.6. The Bertz CT molecular complexity index is 561. The van der Waals surface area contributed by atoms with Gasteiger partial charge in [-0.05, 0) is 31.2 Å². The van der Waals surface area contributed by atoms with E-state index in [2.05, 4.69) is 0 Å². The van der Waals surface area contributed by atoms with Crippen LogP contribution < -0.4 is 9.86 Å². The highest BCUT2D eigenvalue weighted by Crippen LogP contribution is 2.12. The Kier molecular flexibility index (Phi) is 3.56. The minimum atomic E-state index is -4.04. The molecule has 16 heavy (non-hydrogen) atoms. The quantitative estimate of drug-likeness (QED) is 0.738. The summed E-state index contributed by atoms with van der Waals surface area (Å²) in [6, 6.07) is 5.24. The van der Waals surface area contributed by atoms with E-state index in [9.17, 15) is 16.8 Å². The zero-order chi connectivity index (χ0) is 12.4. The number of hydrogen-bond donors (Lipinski definition) is 2. The molecule has 90 valence electrons. The van der Waals surface area contributed by atoms with Crippen molar-refractivity contribution in [1.82, 2.24) is 4.13 Å². The fraction of sp³-hybridized carbons (Fsp3) is 0.250. The molecule has 0 heterocycles. The first-order chi connectivity index (χ1) is 7.27. The predicted octanol–water partition coefficient (Wildman–Crippen LogP) is -0.103. The SMILES string of the molecule is CCS(=O)(=O)NS(=O)(=O)c1ccc(N)cc1. The van der Waals surface area contributed by atoms with Gasteiger partial charge in [0.05, 0.1) is 10.6 Å². The Balaban J connectivity index is 3.09. The summed E-state index contributed by atoms with van der Waals surface area (Å²) in [5, 5.41) is 0. The highest BCUT2D eigenvalue weighted by molar-refractivity contribution is 8.04. The van der Waals surface area contributed by atoms with Crippen LogP contribution in [0.4, 0.5) is 5.69 Å². The number of hydrogen-bond acceptors (Lipinski definition) is 5. The topological polar surface area (TPSA) is 106 Å². The van der Waals surface area contributed by atoms with Gasteiger partial charge in [-0.15, -0.1) is 4.13 Å². The largest absolute Gasteiger partial charge is 0.399 e.